The van der Waals surface area contributed by atoms with E-state index in [4.69, 9.17) is 9.84 Å². The molecule has 0 radical (unpaired) electrons. The number of esters is 1. The first-order valence-corrected chi connectivity index (χ1v) is 5.19. The van der Waals surface area contributed by atoms with Gasteiger partial charge in [-0.25, -0.2) is 4.79 Å². The summed E-state index contributed by atoms with van der Waals surface area (Å²) in [6, 6.07) is 0. The molecule has 4 nitrogen and oxygen atoms in total. The number of aliphatic hydroxyl groups is 2. The monoisotopic (exact) mass is 216 g/mol. The summed E-state index contributed by atoms with van der Waals surface area (Å²) in [4.78, 5) is 10.9. The van der Waals surface area contributed by atoms with Crippen LogP contribution in [0.1, 0.15) is 32.6 Å². The summed E-state index contributed by atoms with van der Waals surface area (Å²) in [5.41, 5.74) is 0.385. The maximum atomic E-state index is 10.9. The van der Waals surface area contributed by atoms with Crippen molar-refractivity contribution < 1.29 is 19.7 Å². The van der Waals surface area contributed by atoms with Crippen molar-refractivity contribution in [1.29, 1.82) is 0 Å². The van der Waals surface area contributed by atoms with Gasteiger partial charge in [-0.15, -0.1) is 0 Å². The summed E-state index contributed by atoms with van der Waals surface area (Å²) < 4.78 is 4.86. The average molecular weight is 216 g/mol. The third-order valence-corrected chi connectivity index (χ3v) is 1.96. The third kappa shape index (κ3) is 8.15. The molecule has 0 aliphatic rings. The highest BCUT2D eigenvalue weighted by molar-refractivity contribution is 5.86. The van der Waals surface area contributed by atoms with E-state index >= 15 is 0 Å². The van der Waals surface area contributed by atoms with Crippen molar-refractivity contribution in [2.75, 3.05) is 13.2 Å². The van der Waals surface area contributed by atoms with Crippen LogP contribution in [-0.4, -0.2) is 35.5 Å². The minimum absolute atomic E-state index is 0.0989. The van der Waals surface area contributed by atoms with Gasteiger partial charge in [0, 0.05) is 12.2 Å². The summed E-state index contributed by atoms with van der Waals surface area (Å²) >= 11 is 0. The maximum Gasteiger partial charge on any atom is 0.333 e. The van der Waals surface area contributed by atoms with Crippen LogP contribution < -0.4 is 0 Å². The largest absolute Gasteiger partial charge is 0.462 e. The summed E-state index contributed by atoms with van der Waals surface area (Å²) in [5.74, 6) is -0.389. The molecule has 0 aliphatic heterocycles. The quantitative estimate of drug-likeness (QED) is 0.361. The van der Waals surface area contributed by atoms with Gasteiger partial charge in [0.15, 0.2) is 0 Å². The van der Waals surface area contributed by atoms with E-state index in [1.807, 2.05) is 0 Å². The fraction of sp³-hybridized carbons (Fsp3) is 0.727. The van der Waals surface area contributed by atoms with Crippen LogP contribution in [0.25, 0.3) is 0 Å². The van der Waals surface area contributed by atoms with Crippen LogP contribution in [0.2, 0.25) is 0 Å². The molecule has 0 saturated heterocycles. The van der Waals surface area contributed by atoms with Crippen molar-refractivity contribution >= 4 is 5.97 Å². The molecule has 1 atom stereocenters. The smallest absolute Gasteiger partial charge is 0.333 e. The molecule has 0 fully saturated rings. The van der Waals surface area contributed by atoms with Crippen LogP contribution >= 0.6 is 0 Å². The van der Waals surface area contributed by atoms with Crippen LogP contribution in [0, 0.1) is 0 Å². The van der Waals surface area contributed by atoms with Crippen molar-refractivity contribution in [3.05, 3.63) is 12.2 Å². The summed E-state index contributed by atoms with van der Waals surface area (Å²) in [5, 5.41) is 17.9. The lowest BCUT2D eigenvalue weighted by atomic mass is 10.1. The lowest BCUT2D eigenvalue weighted by Gasteiger charge is -2.09. The highest BCUT2D eigenvalue weighted by Gasteiger charge is 2.05. The van der Waals surface area contributed by atoms with E-state index in [2.05, 4.69) is 6.58 Å². The van der Waals surface area contributed by atoms with Gasteiger partial charge in [0.2, 0.25) is 0 Å². The maximum absolute atomic E-state index is 10.9. The Morgan fingerprint density at radius 2 is 2.00 bits per heavy atom. The Morgan fingerprint density at radius 3 is 2.53 bits per heavy atom. The van der Waals surface area contributed by atoms with Crippen molar-refractivity contribution in [3.63, 3.8) is 0 Å². The summed E-state index contributed by atoms with van der Waals surface area (Å²) in [6.45, 7) is 5.46. The van der Waals surface area contributed by atoms with Gasteiger partial charge in [-0.1, -0.05) is 6.58 Å². The molecule has 0 rings (SSSR count). The fourth-order valence-corrected chi connectivity index (χ4v) is 1.08. The predicted octanol–water partition coefficient (Wildman–Crippen LogP) is 1.02. The zero-order valence-electron chi connectivity index (χ0n) is 9.24. The predicted molar refractivity (Wildman–Crippen MR) is 57.3 cm³/mol. The summed E-state index contributed by atoms with van der Waals surface area (Å²) in [7, 11) is 0. The van der Waals surface area contributed by atoms with Crippen molar-refractivity contribution in [2.45, 2.75) is 38.7 Å². The molecule has 1 unspecified atom stereocenters. The Balaban J connectivity index is 3.37. The molecule has 0 aliphatic carbocycles. The first-order chi connectivity index (χ1) is 7.07. The van der Waals surface area contributed by atoms with E-state index in [0.29, 0.717) is 37.9 Å². The van der Waals surface area contributed by atoms with Crippen LogP contribution in [0.4, 0.5) is 0 Å². The Morgan fingerprint density at radius 1 is 1.40 bits per heavy atom. The van der Waals surface area contributed by atoms with Gasteiger partial charge in [0.05, 0.1) is 12.7 Å². The summed E-state index contributed by atoms with van der Waals surface area (Å²) in [6.07, 6.45) is 1.99. The fourth-order valence-electron chi connectivity index (χ4n) is 1.08. The molecule has 15 heavy (non-hydrogen) atoms. The molecule has 0 saturated carbocycles. The van der Waals surface area contributed by atoms with E-state index in [9.17, 15) is 9.90 Å². The van der Waals surface area contributed by atoms with Crippen molar-refractivity contribution in [3.8, 4) is 0 Å². The number of hydrogen-bond donors (Lipinski definition) is 2. The second-order valence-electron chi connectivity index (χ2n) is 3.58. The van der Waals surface area contributed by atoms with Gasteiger partial charge in [0.25, 0.3) is 0 Å². The molecule has 88 valence electrons. The van der Waals surface area contributed by atoms with Gasteiger partial charge in [-0.3, -0.25) is 0 Å². The van der Waals surface area contributed by atoms with Crippen molar-refractivity contribution in [1.82, 2.24) is 0 Å². The molecule has 0 spiro atoms. The van der Waals surface area contributed by atoms with Crippen molar-refractivity contribution in [2.24, 2.45) is 0 Å². The molecule has 0 bridgehead atoms. The molecule has 0 aromatic rings. The van der Waals surface area contributed by atoms with E-state index in [-0.39, 0.29) is 12.6 Å². The zero-order chi connectivity index (χ0) is 11.7. The first-order valence-electron chi connectivity index (χ1n) is 5.19. The van der Waals surface area contributed by atoms with Gasteiger partial charge in [0.1, 0.15) is 0 Å². The molecule has 0 aromatic heterocycles. The Bertz CT molecular complexity index is 201. The second kappa shape index (κ2) is 8.44. The van der Waals surface area contributed by atoms with Crippen LogP contribution in [0.5, 0.6) is 0 Å². The SMILES string of the molecule is C=C(C)C(=O)OCCCC(O)CCCO. The number of carbonyl (C=O) groups excluding carboxylic acids is 1. The molecule has 4 heteroatoms. The normalized spacial score (nSPS) is 12.2. The Hall–Kier alpha value is -0.870. The lowest BCUT2D eigenvalue weighted by Crippen LogP contribution is -2.11. The van der Waals surface area contributed by atoms with Gasteiger partial charge in [-0.2, -0.15) is 0 Å². The van der Waals surface area contributed by atoms with Gasteiger partial charge >= 0.3 is 5.97 Å². The number of hydrogen-bond acceptors (Lipinski definition) is 4. The van der Waals surface area contributed by atoms with E-state index in [0.717, 1.165) is 0 Å². The molecule has 0 amide bonds. The Kier molecular flexibility index (Phi) is 7.95. The average Bonchev–Trinajstić information content (AvgIpc) is 2.20. The Labute approximate surface area is 90.6 Å². The van der Waals surface area contributed by atoms with Crippen LogP contribution in [0.3, 0.4) is 0 Å². The molecular weight excluding hydrogens is 196 g/mol. The topological polar surface area (TPSA) is 66.8 Å². The van der Waals surface area contributed by atoms with Gasteiger partial charge < -0.3 is 14.9 Å². The molecule has 0 heterocycles. The standard InChI is InChI=1S/C11H20O4/c1-9(2)11(14)15-8-4-6-10(13)5-3-7-12/h10,12-13H,1,3-8H2,2H3. The van der Waals surface area contributed by atoms with E-state index in [1.165, 1.54) is 0 Å². The molecule has 2 N–H and O–H groups in total. The first kappa shape index (κ1) is 14.1. The second-order valence-corrected chi connectivity index (χ2v) is 3.58. The number of carbonyl (C=O) groups is 1. The zero-order valence-corrected chi connectivity index (χ0v) is 9.24. The highest BCUT2D eigenvalue weighted by Crippen LogP contribution is 2.05. The molecular formula is C11H20O4. The van der Waals surface area contributed by atoms with Gasteiger partial charge in [-0.05, 0) is 32.6 Å². The number of aliphatic hydroxyl groups excluding tert-OH is 2. The highest BCUT2D eigenvalue weighted by atomic mass is 16.5. The van der Waals surface area contributed by atoms with Crippen LogP contribution in [0.15, 0.2) is 12.2 Å². The number of rotatable bonds is 8. The van der Waals surface area contributed by atoms with E-state index < -0.39 is 6.10 Å². The lowest BCUT2D eigenvalue weighted by molar-refractivity contribution is -0.139. The molecule has 0 aromatic carbocycles. The minimum atomic E-state index is -0.416. The van der Waals surface area contributed by atoms with E-state index in [1.54, 1.807) is 6.92 Å². The van der Waals surface area contributed by atoms with Crippen LogP contribution in [-0.2, 0) is 9.53 Å². The minimum Gasteiger partial charge on any atom is -0.462 e. The third-order valence-electron chi connectivity index (χ3n) is 1.96. The number of ether oxygens (including phenoxy) is 1.